The molecule has 28 heavy (non-hydrogen) atoms. The molecular formula is C22H24N3O3+. The van der Waals surface area contributed by atoms with E-state index in [2.05, 4.69) is 19.4 Å². The zero-order valence-corrected chi connectivity index (χ0v) is 16.1. The van der Waals surface area contributed by atoms with Crippen LogP contribution in [0.3, 0.4) is 0 Å². The van der Waals surface area contributed by atoms with Crippen LogP contribution in [-0.2, 0) is 0 Å². The molecule has 6 nitrogen and oxygen atoms in total. The van der Waals surface area contributed by atoms with Gasteiger partial charge in [0.15, 0.2) is 11.5 Å². The number of para-hydroxylation sites is 1. The van der Waals surface area contributed by atoms with Crippen molar-refractivity contribution in [3.8, 4) is 22.8 Å². The molecule has 0 spiro atoms. The van der Waals surface area contributed by atoms with Crippen molar-refractivity contribution in [1.82, 2.24) is 10.3 Å². The number of carbonyl (C=O) groups is 1. The Labute approximate surface area is 164 Å². The van der Waals surface area contributed by atoms with Crippen molar-refractivity contribution < 1.29 is 19.2 Å². The third kappa shape index (κ3) is 3.77. The highest BCUT2D eigenvalue weighted by atomic mass is 16.7. The number of nitrogens with zero attached hydrogens (tertiary/aromatic N) is 1. The molecule has 4 rings (SSSR count). The number of aromatic nitrogens is 1. The maximum Gasteiger partial charge on any atom is 0.252 e. The minimum atomic E-state index is -0.0747. The Bertz CT molecular complexity index is 1020. The number of pyridine rings is 1. The number of carbonyl (C=O) groups excluding carboxylic acids is 1. The molecule has 2 aromatic carbocycles. The quantitative estimate of drug-likeness (QED) is 0.643. The van der Waals surface area contributed by atoms with Gasteiger partial charge < -0.3 is 19.7 Å². The Morgan fingerprint density at radius 2 is 1.93 bits per heavy atom. The summed E-state index contributed by atoms with van der Waals surface area (Å²) in [6.45, 7) is 1.89. The number of nitrogens with one attached hydrogen (secondary N) is 2. The lowest BCUT2D eigenvalue weighted by molar-refractivity contribution is -0.858. The van der Waals surface area contributed by atoms with Gasteiger partial charge >= 0.3 is 0 Å². The fraction of sp³-hybridized carbons (Fsp3) is 0.273. The van der Waals surface area contributed by atoms with Crippen LogP contribution < -0.4 is 19.7 Å². The molecule has 0 saturated carbocycles. The van der Waals surface area contributed by atoms with Gasteiger partial charge in [0.25, 0.3) is 5.91 Å². The molecule has 144 valence electrons. The summed E-state index contributed by atoms with van der Waals surface area (Å²) in [5.41, 5.74) is 3.05. The van der Waals surface area contributed by atoms with E-state index in [1.54, 1.807) is 0 Å². The fourth-order valence-corrected chi connectivity index (χ4v) is 3.31. The van der Waals surface area contributed by atoms with Crippen LogP contribution in [-0.4, -0.2) is 44.9 Å². The Morgan fingerprint density at radius 1 is 1.11 bits per heavy atom. The number of hydrogen-bond acceptors (Lipinski definition) is 4. The first-order valence-electron chi connectivity index (χ1n) is 9.49. The third-order valence-corrected chi connectivity index (χ3v) is 4.77. The molecule has 1 aliphatic rings. The SMILES string of the molecule is C[NH+](C)CCCNC(=O)c1cc(-c2ccc3c(c2)OCO3)nc2ccccc12. The van der Waals surface area contributed by atoms with Crippen LogP contribution in [0.4, 0.5) is 0 Å². The van der Waals surface area contributed by atoms with Gasteiger partial charge in [-0.25, -0.2) is 4.98 Å². The Balaban J connectivity index is 1.67. The molecule has 0 radical (unpaired) electrons. The van der Waals surface area contributed by atoms with E-state index >= 15 is 0 Å². The molecule has 0 bridgehead atoms. The number of benzene rings is 2. The monoisotopic (exact) mass is 378 g/mol. The van der Waals surface area contributed by atoms with Crippen LogP contribution >= 0.6 is 0 Å². The fourth-order valence-electron chi connectivity index (χ4n) is 3.31. The minimum Gasteiger partial charge on any atom is -0.454 e. The van der Waals surface area contributed by atoms with E-state index in [1.807, 2.05) is 48.5 Å². The van der Waals surface area contributed by atoms with E-state index in [9.17, 15) is 4.79 Å². The molecular weight excluding hydrogens is 354 g/mol. The third-order valence-electron chi connectivity index (χ3n) is 4.77. The van der Waals surface area contributed by atoms with Gasteiger partial charge in [-0.15, -0.1) is 0 Å². The minimum absolute atomic E-state index is 0.0747. The molecule has 0 saturated heterocycles. The van der Waals surface area contributed by atoms with Gasteiger partial charge in [-0.05, 0) is 30.3 Å². The van der Waals surface area contributed by atoms with Gasteiger partial charge in [0.05, 0.1) is 37.4 Å². The van der Waals surface area contributed by atoms with Crippen molar-refractivity contribution in [2.45, 2.75) is 6.42 Å². The van der Waals surface area contributed by atoms with Crippen LogP contribution in [0.1, 0.15) is 16.8 Å². The van der Waals surface area contributed by atoms with Crippen LogP contribution in [0.2, 0.25) is 0 Å². The molecule has 0 atom stereocenters. The summed E-state index contributed by atoms with van der Waals surface area (Å²) in [4.78, 5) is 19.0. The molecule has 1 amide bonds. The largest absolute Gasteiger partial charge is 0.454 e. The smallest absolute Gasteiger partial charge is 0.252 e. The summed E-state index contributed by atoms with van der Waals surface area (Å²) < 4.78 is 10.9. The Morgan fingerprint density at radius 3 is 2.79 bits per heavy atom. The molecule has 0 unspecified atom stereocenters. The lowest BCUT2D eigenvalue weighted by Crippen LogP contribution is -3.05. The molecule has 2 N–H and O–H groups in total. The number of hydrogen-bond donors (Lipinski definition) is 2. The molecule has 2 heterocycles. The Kier molecular flexibility index (Phi) is 5.12. The second-order valence-corrected chi connectivity index (χ2v) is 7.21. The van der Waals surface area contributed by atoms with E-state index in [0.717, 1.165) is 40.9 Å². The average molecular weight is 378 g/mol. The summed E-state index contributed by atoms with van der Waals surface area (Å²) in [7, 11) is 4.21. The summed E-state index contributed by atoms with van der Waals surface area (Å²) in [6, 6.07) is 15.3. The maximum absolute atomic E-state index is 12.9. The van der Waals surface area contributed by atoms with Crippen molar-refractivity contribution in [3.05, 3.63) is 54.1 Å². The van der Waals surface area contributed by atoms with Gasteiger partial charge in [-0.1, -0.05) is 18.2 Å². The first-order valence-corrected chi connectivity index (χ1v) is 9.49. The molecule has 0 fully saturated rings. The van der Waals surface area contributed by atoms with Crippen LogP contribution in [0.15, 0.2) is 48.5 Å². The predicted molar refractivity (Wildman–Crippen MR) is 108 cm³/mol. The first-order chi connectivity index (χ1) is 13.6. The highest BCUT2D eigenvalue weighted by Crippen LogP contribution is 2.36. The summed E-state index contributed by atoms with van der Waals surface area (Å²) >= 11 is 0. The second kappa shape index (κ2) is 7.86. The van der Waals surface area contributed by atoms with Crippen molar-refractivity contribution in [3.63, 3.8) is 0 Å². The number of amides is 1. The van der Waals surface area contributed by atoms with Crippen LogP contribution in [0.5, 0.6) is 11.5 Å². The van der Waals surface area contributed by atoms with Gasteiger partial charge in [0, 0.05) is 23.9 Å². The number of rotatable bonds is 6. The summed E-state index contributed by atoms with van der Waals surface area (Å²) in [5.74, 6) is 1.35. The van der Waals surface area contributed by atoms with Crippen molar-refractivity contribution in [2.75, 3.05) is 34.0 Å². The standard InChI is InChI=1S/C22H23N3O3/c1-25(2)11-5-10-23-22(26)17-13-19(24-18-7-4-3-6-16(17)18)15-8-9-20-21(12-15)28-14-27-20/h3-4,6-9,12-13H,5,10-11,14H2,1-2H3,(H,23,26)/p+1. The molecule has 0 aliphatic carbocycles. The average Bonchev–Trinajstić information content (AvgIpc) is 3.18. The first kappa shape index (κ1) is 18.3. The topological polar surface area (TPSA) is 64.9 Å². The highest BCUT2D eigenvalue weighted by molar-refractivity contribution is 6.07. The zero-order chi connectivity index (χ0) is 19.5. The van der Waals surface area contributed by atoms with E-state index in [-0.39, 0.29) is 12.7 Å². The van der Waals surface area contributed by atoms with Gasteiger partial charge in [0.2, 0.25) is 6.79 Å². The van der Waals surface area contributed by atoms with E-state index in [1.165, 1.54) is 4.90 Å². The van der Waals surface area contributed by atoms with Gasteiger partial charge in [-0.2, -0.15) is 0 Å². The zero-order valence-electron chi connectivity index (χ0n) is 16.1. The summed E-state index contributed by atoms with van der Waals surface area (Å²) in [6.07, 6.45) is 0.937. The number of fused-ring (bicyclic) bond motifs is 2. The van der Waals surface area contributed by atoms with E-state index in [4.69, 9.17) is 14.5 Å². The molecule has 6 heteroatoms. The molecule has 3 aromatic rings. The van der Waals surface area contributed by atoms with E-state index < -0.39 is 0 Å². The Hall–Kier alpha value is -3.12. The number of ether oxygens (including phenoxy) is 2. The van der Waals surface area contributed by atoms with Crippen LogP contribution in [0, 0.1) is 0 Å². The number of quaternary nitrogens is 1. The normalized spacial score (nSPS) is 12.5. The van der Waals surface area contributed by atoms with Crippen molar-refractivity contribution in [1.29, 1.82) is 0 Å². The lowest BCUT2D eigenvalue weighted by Gasteiger charge is -2.12. The lowest BCUT2D eigenvalue weighted by atomic mass is 10.0. The maximum atomic E-state index is 12.9. The van der Waals surface area contributed by atoms with Gasteiger partial charge in [-0.3, -0.25) is 4.79 Å². The van der Waals surface area contributed by atoms with E-state index in [0.29, 0.717) is 17.9 Å². The molecule has 1 aromatic heterocycles. The van der Waals surface area contributed by atoms with Crippen LogP contribution in [0.25, 0.3) is 22.2 Å². The highest BCUT2D eigenvalue weighted by Gasteiger charge is 2.17. The second-order valence-electron chi connectivity index (χ2n) is 7.21. The molecule has 1 aliphatic heterocycles. The summed E-state index contributed by atoms with van der Waals surface area (Å²) in [5, 5.41) is 3.89. The van der Waals surface area contributed by atoms with Gasteiger partial charge in [0.1, 0.15) is 0 Å². The predicted octanol–water partition coefficient (Wildman–Crippen LogP) is 1.89. The van der Waals surface area contributed by atoms with Crippen molar-refractivity contribution >= 4 is 16.8 Å². The van der Waals surface area contributed by atoms with Crippen molar-refractivity contribution in [2.24, 2.45) is 0 Å².